The van der Waals surface area contributed by atoms with Crippen molar-refractivity contribution in [3.05, 3.63) is 52.0 Å². The van der Waals surface area contributed by atoms with Crippen LogP contribution < -0.4 is 4.74 Å². The van der Waals surface area contributed by atoms with E-state index in [-0.39, 0.29) is 24.8 Å². The molecule has 8 nitrogen and oxygen atoms in total. The minimum atomic E-state index is -0.780. The molecule has 0 spiro atoms. The smallest absolute Gasteiger partial charge is 0.335 e. The van der Waals surface area contributed by atoms with Crippen LogP contribution in [0.4, 0.5) is 9.18 Å². The van der Waals surface area contributed by atoms with Gasteiger partial charge in [0.15, 0.2) is 11.6 Å². The highest BCUT2D eigenvalue weighted by Crippen LogP contribution is 2.21. The van der Waals surface area contributed by atoms with Crippen molar-refractivity contribution in [2.45, 2.75) is 13.1 Å². The van der Waals surface area contributed by atoms with Gasteiger partial charge < -0.3 is 4.74 Å². The Morgan fingerprint density at radius 1 is 0.968 bits per heavy atom. The van der Waals surface area contributed by atoms with Crippen LogP contribution in [0.3, 0.4) is 0 Å². The molecule has 3 heterocycles. The number of thiophene rings is 1. The number of urea groups is 1. The summed E-state index contributed by atoms with van der Waals surface area (Å²) in [7, 11) is 1.43. The average Bonchev–Trinajstić information content (AvgIpc) is 3.35. The topological polar surface area (TPSA) is 73.4 Å². The molecule has 1 aromatic carbocycles. The Kier molecular flexibility index (Phi) is 6.30. The van der Waals surface area contributed by atoms with Crippen LogP contribution >= 0.6 is 11.3 Å². The first-order valence-corrected chi connectivity index (χ1v) is 10.8. The second kappa shape index (κ2) is 9.13. The van der Waals surface area contributed by atoms with Crippen LogP contribution in [0, 0.1) is 5.82 Å². The molecule has 0 aliphatic carbocycles. The summed E-state index contributed by atoms with van der Waals surface area (Å²) in [4.78, 5) is 44.3. The number of halogens is 1. The molecule has 0 radical (unpaired) electrons. The van der Waals surface area contributed by atoms with E-state index >= 15 is 0 Å². The maximum absolute atomic E-state index is 13.9. The molecule has 0 saturated carbocycles. The summed E-state index contributed by atoms with van der Waals surface area (Å²) in [5.74, 6) is -1.73. The lowest BCUT2D eigenvalue weighted by molar-refractivity contribution is -0.144. The third-order valence-electron chi connectivity index (χ3n) is 5.46. The largest absolute Gasteiger partial charge is 0.494 e. The van der Waals surface area contributed by atoms with E-state index < -0.39 is 17.8 Å². The molecule has 0 N–H and O–H groups in total. The molecule has 0 atom stereocenters. The monoisotopic (exact) mass is 446 g/mol. The Balaban J connectivity index is 1.30. The van der Waals surface area contributed by atoms with Gasteiger partial charge in [0, 0.05) is 37.6 Å². The number of ether oxygens (including phenoxy) is 1. The van der Waals surface area contributed by atoms with Gasteiger partial charge in [-0.15, -0.1) is 11.3 Å². The van der Waals surface area contributed by atoms with Crippen LogP contribution in [0.25, 0.3) is 0 Å². The predicted molar refractivity (Wildman–Crippen MR) is 112 cm³/mol. The molecule has 164 valence electrons. The van der Waals surface area contributed by atoms with Crippen LogP contribution in [0.15, 0.2) is 35.7 Å². The number of rotatable bonds is 7. The predicted octanol–water partition coefficient (Wildman–Crippen LogP) is 1.96. The van der Waals surface area contributed by atoms with E-state index in [4.69, 9.17) is 4.74 Å². The molecule has 0 bridgehead atoms. The fraction of sp³-hybridized carbons (Fsp3) is 0.381. The molecule has 2 fully saturated rings. The van der Waals surface area contributed by atoms with Gasteiger partial charge in [0.25, 0.3) is 0 Å². The molecule has 2 aliphatic heterocycles. The Hall–Kier alpha value is -2.82. The van der Waals surface area contributed by atoms with Crippen molar-refractivity contribution in [1.29, 1.82) is 0 Å². The van der Waals surface area contributed by atoms with E-state index in [1.165, 1.54) is 24.5 Å². The van der Waals surface area contributed by atoms with E-state index in [0.717, 1.165) is 20.2 Å². The highest BCUT2D eigenvalue weighted by molar-refractivity contribution is 7.09. The number of methoxy groups -OCH3 is 1. The fourth-order valence-electron chi connectivity index (χ4n) is 3.73. The lowest BCUT2D eigenvalue weighted by Gasteiger charge is -2.35. The van der Waals surface area contributed by atoms with Gasteiger partial charge in [0.2, 0.25) is 0 Å². The lowest BCUT2D eigenvalue weighted by atomic mass is 10.2. The summed E-state index contributed by atoms with van der Waals surface area (Å²) in [5, 5.41) is 1.86. The molecule has 4 rings (SSSR count). The molecule has 10 heteroatoms. The third-order valence-corrected chi connectivity index (χ3v) is 6.32. The summed E-state index contributed by atoms with van der Waals surface area (Å²) >= 11 is 1.43. The molecule has 0 unspecified atom stereocenters. The van der Waals surface area contributed by atoms with Gasteiger partial charge in [0.05, 0.1) is 20.3 Å². The normalized spacial score (nSPS) is 18.3. The van der Waals surface area contributed by atoms with E-state index in [1.54, 1.807) is 6.07 Å². The zero-order valence-corrected chi connectivity index (χ0v) is 17.9. The van der Waals surface area contributed by atoms with Crippen LogP contribution in [-0.2, 0) is 22.7 Å². The first-order valence-electron chi connectivity index (χ1n) is 9.93. The van der Waals surface area contributed by atoms with Crippen LogP contribution in [0.2, 0.25) is 0 Å². The van der Waals surface area contributed by atoms with Gasteiger partial charge in [-0.2, -0.15) is 0 Å². The first-order chi connectivity index (χ1) is 15.0. The third kappa shape index (κ3) is 4.60. The summed E-state index contributed by atoms with van der Waals surface area (Å²) in [6.45, 7) is 3.49. The molecular formula is C21H23FN4O4S. The number of carbonyl (C=O) groups excluding carboxylic acids is 3. The highest BCUT2D eigenvalue weighted by atomic mass is 32.1. The highest BCUT2D eigenvalue weighted by Gasteiger charge is 2.45. The maximum atomic E-state index is 13.9. The number of imide groups is 2. The van der Waals surface area contributed by atoms with Crippen molar-refractivity contribution >= 4 is 29.2 Å². The maximum Gasteiger partial charge on any atom is 0.335 e. The number of benzene rings is 1. The Morgan fingerprint density at radius 2 is 1.68 bits per heavy atom. The van der Waals surface area contributed by atoms with Crippen LogP contribution in [0.5, 0.6) is 5.75 Å². The van der Waals surface area contributed by atoms with Gasteiger partial charge in [-0.05, 0) is 29.1 Å². The van der Waals surface area contributed by atoms with Crippen molar-refractivity contribution < 1.29 is 23.5 Å². The average molecular weight is 447 g/mol. The van der Waals surface area contributed by atoms with E-state index in [1.807, 2.05) is 28.5 Å². The SMILES string of the molecule is COc1ccc(CN2CCN(CN3C(=O)C(=O)N(Cc4cccs4)C3=O)CC2)cc1F. The van der Waals surface area contributed by atoms with Crippen molar-refractivity contribution in [3.8, 4) is 5.75 Å². The summed E-state index contributed by atoms with van der Waals surface area (Å²) < 4.78 is 18.8. The van der Waals surface area contributed by atoms with Crippen LogP contribution in [0.1, 0.15) is 10.4 Å². The number of carbonyl (C=O) groups is 3. The van der Waals surface area contributed by atoms with Gasteiger partial charge in [-0.3, -0.25) is 24.3 Å². The molecule has 2 aliphatic rings. The standard InChI is InChI=1S/C21H23FN4O4S/c1-30-18-5-4-15(11-17(18)22)12-23-6-8-24(9-7-23)14-26-20(28)19(27)25(21(26)29)13-16-3-2-10-31-16/h2-5,10-11H,6-9,12-14H2,1H3. The van der Waals surface area contributed by atoms with Crippen molar-refractivity contribution in [2.24, 2.45) is 0 Å². The molecule has 31 heavy (non-hydrogen) atoms. The molecular weight excluding hydrogens is 423 g/mol. The zero-order valence-electron chi connectivity index (χ0n) is 17.1. The number of amides is 4. The van der Waals surface area contributed by atoms with Gasteiger partial charge in [-0.1, -0.05) is 12.1 Å². The van der Waals surface area contributed by atoms with E-state index in [0.29, 0.717) is 32.7 Å². The number of hydrogen-bond acceptors (Lipinski definition) is 7. The summed E-state index contributed by atoms with van der Waals surface area (Å²) in [6.07, 6.45) is 0. The quantitative estimate of drug-likeness (QED) is 0.478. The molecule has 1 aromatic heterocycles. The second-order valence-corrected chi connectivity index (χ2v) is 8.52. The second-order valence-electron chi connectivity index (χ2n) is 7.49. The Bertz CT molecular complexity index is 976. The van der Waals surface area contributed by atoms with Crippen LogP contribution in [-0.4, -0.2) is 77.4 Å². The van der Waals surface area contributed by atoms with Gasteiger partial charge >= 0.3 is 17.8 Å². The summed E-state index contributed by atoms with van der Waals surface area (Å²) in [5.41, 5.74) is 0.853. The number of hydrogen-bond donors (Lipinski definition) is 0. The zero-order chi connectivity index (χ0) is 22.0. The summed E-state index contributed by atoms with van der Waals surface area (Å²) in [6, 6.07) is 8.02. The molecule has 2 saturated heterocycles. The van der Waals surface area contributed by atoms with Gasteiger partial charge in [-0.25, -0.2) is 14.1 Å². The Labute approximate surface area is 183 Å². The van der Waals surface area contributed by atoms with Crippen molar-refractivity contribution in [3.63, 3.8) is 0 Å². The van der Waals surface area contributed by atoms with E-state index in [2.05, 4.69) is 4.90 Å². The fourth-order valence-corrected chi connectivity index (χ4v) is 4.42. The van der Waals surface area contributed by atoms with Crippen molar-refractivity contribution in [1.82, 2.24) is 19.6 Å². The van der Waals surface area contributed by atoms with Crippen molar-refractivity contribution in [2.75, 3.05) is 40.0 Å². The number of piperazine rings is 1. The number of nitrogens with zero attached hydrogens (tertiary/aromatic N) is 4. The molecule has 2 aromatic rings. The first kappa shape index (κ1) is 21.4. The van der Waals surface area contributed by atoms with Gasteiger partial charge in [0.1, 0.15) is 0 Å². The molecule has 4 amide bonds. The lowest BCUT2D eigenvalue weighted by Crippen LogP contribution is -2.51. The Morgan fingerprint density at radius 3 is 2.32 bits per heavy atom. The minimum Gasteiger partial charge on any atom is -0.494 e. The minimum absolute atomic E-state index is 0.0926. The van der Waals surface area contributed by atoms with E-state index in [9.17, 15) is 18.8 Å².